The maximum atomic E-state index is 6.31. The largest absolute Gasteiger partial charge is 0.324 e. The van der Waals surface area contributed by atoms with E-state index in [4.69, 9.17) is 32.7 Å². The summed E-state index contributed by atoms with van der Waals surface area (Å²) in [4.78, 5) is 0. The first-order valence-electron chi connectivity index (χ1n) is 7.16. The molecule has 2 heterocycles. The summed E-state index contributed by atoms with van der Waals surface area (Å²) in [7, 11) is 0. The van der Waals surface area contributed by atoms with E-state index in [0.29, 0.717) is 27.7 Å². The van der Waals surface area contributed by atoms with Crippen LogP contribution in [-0.2, 0) is 15.9 Å². The van der Waals surface area contributed by atoms with Gasteiger partial charge in [0, 0.05) is 18.0 Å². The lowest BCUT2D eigenvalue weighted by molar-refractivity contribution is -0.374. The molecule has 3 rings (SSSR count). The van der Waals surface area contributed by atoms with Crippen molar-refractivity contribution >= 4 is 23.2 Å². The molecule has 1 aliphatic rings. The van der Waals surface area contributed by atoms with Gasteiger partial charge >= 0.3 is 0 Å². The predicted octanol–water partition coefficient (Wildman–Crippen LogP) is 4.09. The van der Waals surface area contributed by atoms with Crippen molar-refractivity contribution in [3.63, 3.8) is 0 Å². The summed E-state index contributed by atoms with van der Waals surface area (Å²) >= 11 is 12.6. The molecule has 0 unspecified atom stereocenters. The van der Waals surface area contributed by atoms with E-state index in [2.05, 4.69) is 10.3 Å². The van der Waals surface area contributed by atoms with Gasteiger partial charge in [-0.25, -0.2) is 4.68 Å². The molecule has 22 heavy (non-hydrogen) atoms. The van der Waals surface area contributed by atoms with E-state index in [9.17, 15) is 0 Å². The minimum Gasteiger partial charge on any atom is -0.324 e. The Labute approximate surface area is 139 Å². The molecule has 0 aliphatic carbocycles. The van der Waals surface area contributed by atoms with Crippen LogP contribution < -0.4 is 0 Å². The summed E-state index contributed by atoms with van der Waals surface area (Å²) in [5.41, 5.74) is 2.28. The number of halogens is 2. The minimum atomic E-state index is -0.286. The third-order valence-corrected chi connectivity index (χ3v) is 4.16. The Kier molecular flexibility index (Phi) is 4.41. The highest BCUT2D eigenvalue weighted by atomic mass is 35.5. The molecule has 0 bridgehead atoms. The van der Waals surface area contributed by atoms with Gasteiger partial charge in [-0.2, -0.15) is 0 Å². The van der Waals surface area contributed by atoms with Gasteiger partial charge in [0.05, 0.1) is 15.7 Å². The third-order valence-electron chi connectivity index (χ3n) is 3.53. The molecule has 1 saturated heterocycles. The normalized spacial score (nSPS) is 21.2. The van der Waals surface area contributed by atoms with Gasteiger partial charge in [-0.3, -0.25) is 0 Å². The zero-order valence-corrected chi connectivity index (χ0v) is 14.1. The highest BCUT2D eigenvalue weighted by molar-refractivity contribution is 6.39. The van der Waals surface area contributed by atoms with Crippen LogP contribution in [0.1, 0.15) is 32.5 Å². The van der Waals surface area contributed by atoms with Crippen LogP contribution in [0.3, 0.4) is 0 Å². The molecule has 0 radical (unpaired) electrons. The van der Waals surface area contributed by atoms with Crippen LogP contribution in [0.15, 0.2) is 18.2 Å². The Morgan fingerprint density at radius 1 is 1.23 bits per heavy atom. The van der Waals surface area contributed by atoms with Gasteiger partial charge in [-0.05, 0) is 32.9 Å². The van der Waals surface area contributed by atoms with Crippen LogP contribution in [0.2, 0.25) is 10.0 Å². The van der Waals surface area contributed by atoms with Gasteiger partial charge in [-0.15, -0.1) is 5.10 Å². The molecule has 1 aliphatic heterocycles. The second kappa shape index (κ2) is 6.16. The fourth-order valence-corrected chi connectivity index (χ4v) is 3.10. The summed E-state index contributed by atoms with van der Waals surface area (Å²) in [5, 5.41) is 9.63. The molecule has 0 saturated carbocycles. The molecule has 1 aromatic carbocycles. The van der Waals surface area contributed by atoms with Gasteiger partial charge in [0.25, 0.3) is 0 Å². The lowest BCUT2D eigenvalue weighted by Gasteiger charge is -2.34. The third kappa shape index (κ3) is 2.86. The van der Waals surface area contributed by atoms with E-state index in [0.717, 1.165) is 5.69 Å². The van der Waals surface area contributed by atoms with Gasteiger partial charge in [0.2, 0.25) is 0 Å². The molecule has 0 amide bonds. The summed E-state index contributed by atoms with van der Waals surface area (Å²) in [6, 6.07) is 5.55. The summed E-state index contributed by atoms with van der Waals surface area (Å²) in [6.45, 7) is 5.95. The second-order valence-electron chi connectivity index (χ2n) is 5.49. The molecule has 7 heteroatoms. The molecule has 0 spiro atoms. The molecular weight excluding hydrogens is 325 g/mol. The number of ether oxygens (including phenoxy) is 2. The zero-order chi connectivity index (χ0) is 15.9. The van der Waals surface area contributed by atoms with Crippen molar-refractivity contribution < 1.29 is 9.47 Å². The van der Waals surface area contributed by atoms with Crippen molar-refractivity contribution in [2.24, 2.45) is 0 Å². The van der Waals surface area contributed by atoms with Crippen LogP contribution >= 0.6 is 23.2 Å². The molecule has 5 nitrogen and oxygen atoms in total. The Morgan fingerprint density at radius 2 is 1.86 bits per heavy atom. The van der Waals surface area contributed by atoms with Crippen LogP contribution in [0, 0.1) is 0 Å². The van der Waals surface area contributed by atoms with E-state index in [1.54, 1.807) is 18.2 Å². The molecule has 1 fully saturated rings. The number of nitrogens with zero attached hydrogens (tertiary/aromatic N) is 3. The van der Waals surface area contributed by atoms with Crippen molar-refractivity contribution in [3.8, 4) is 11.3 Å². The van der Waals surface area contributed by atoms with E-state index in [-0.39, 0.29) is 18.6 Å². The van der Waals surface area contributed by atoms with Crippen molar-refractivity contribution in [2.45, 2.75) is 45.8 Å². The highest BCUT2D eigenvalue weighted by Gasteiger charge is 2.31. The van der Waals surface area contributed by atoms with Crippen LogP contribution in [0.25, 0.3) is 11.3 Å². The quantitative estimate of drug-likeness (QED) is 0.840. The second-order valence-corrected chi connectivity index (χ2v) is 6.31. The van der Waals surface area contributed by atoms with E-state index >= 15 is 0 Å². The number of hydrogen-bond donors (Lipinski definition) is 0. The van der Waals surface area contributed by atoms with E-state index < -0.39 is 0 Å². The fourth-order valence-electron chi connectivity index (χ4n) is 2.53. The number of aromatic nitrogens is 3. The SMILES string of the molecule is CC1OC(Cc2c(-c3c(Cl)cccc3Cl)nnn2C(C)C)O1. The molecule has 0 N–H and O–H groups in total. The maximum absolute atomic E-state index is 6.31. The van der Waals surface area contributed by atoms with Crippen molar-refractivity contribution in [2.75, 3.05) is 0 Å². The van der Waals surface area contributed by atoms with E-state index in [1.807, 2.05) is 25.5 Å². The molecule has 2 aromatic rings. The van der Waals surface area contributed by atoms with Gasteiger partial charge < -0.3 is 9.47 Å². The first-order valence-corrected chi connectivity index (χ1v) is 7.92. The minimum absolute atomic E-state index is 0.162. The fraction of sp³-hybridized carbons (Fsp3) is 0.467. The van der Waals surface area contributed by atoms with Crippen LogP contribution in [0.4, 0.5) is 0 Å². The number of hydrogen-bond acceptors (Lipinski definition) is 4. The molecular formula is C15H17Cl2N3O2. The topological polar surface area (TPSA) is 49.2 Å². The Balaban J connectivity index is 2.04. The summed E-state index contributed by atoms with van der Waals surface area (Å²) < 4.78 is 12.9. The first kappa shape index (κ1) is 15.7. The highest BCUT2D eigenvalue weighted by Crippen LogP contribution is 2.36. The number of benzene rings is 1. The van der Waals surface area contributed by atoms with E-state index in [1.165, 1.54) is 0 Å². The Hall–Kier alpha value is -1.14. The Morgan fingerprint density at radius 3 is 2.41 bits per heavy atom. The van der Waals surface area contributed by atoms with Crippen molar-refractivity contribution in [1.29, 1.82) is 0 Å². The number of rotatable bonds is 4. The Bertz CT molecular complexity index is 661. The lowest BCUT2D eigenvalue weighted by Crippen LogP contribution is -2.40. The predicted molar refractivity (Wildman–Crippen MR) is 85.0 cm³/mol. The molecule has 0 atom stereocenters. The molecule has 1 aromatic heterocycles. The first-order chi connectivity index (χ1) is 10.5. The standard InChI is InChI=1S/C15H17Cl2N3O2/c1-8(2)20-12(7-13-21-9(3)22-13)15(18-19-20)14-10(16)5-4-6-11(14)17/h4-6,8-9,13H,7H2,1-3H3. The summed E-state index contributed by atoms with van der Waals surface area (Å²) in [5.74, 6) is 0. The van der Waals surface area contributed by atoms with Gasteiger partial charge in [0.1, 0.15) is 5.69 Å². The van der Waals surface area contributed by atoms with Crippen molar-refractivity contribution in [3.05, 3.63) is 33.9 Å². The van der Waals surface area contributed by atoms with Gasteiger partial charge in [0.15, 0.2) is 12.6 Å². The van der Waals surface area contributed by atoms with Gasteiger partial charge in [-0.1, -0.05) is 34.5 Å². The van der Waals surface area contributed by atoms with Crippen LogP contribution in [0.5, 0.6) is 0 Å². The smallest absolute Gasteiger partial charge is 0.169 e. The average molecular weight is 342 g/mol. The molecule has 118 valence electrons. The van der Waals surface area contributed by atoms with Crippen LogP contribution in [-0.4, -0.2) is 27.6 Å². The average Bonchev–Trinajstić information content (AvgIpc) is 2.81. The monoisotopic (exact) mass is 341 g/mol. The summed E-state index contributed by atoms with van der Waals surface area (Å²) in [6.07, 6.45) is 0.0959. The van der Waals surface area contributed by atoms with Crippen molar-refractivity contribution in [1.82, 2.24) is 15.0 Å². The maximum Gasteiger partial charge on any atom is 0.169 e. The zero-order valence-electron chi connectivity index (χ0n) is 12.6. The lowest BCUT2D eigenvalue weighted by atomic mass is 10.1.